The van der Waals surface area contributed by atoms with Crippen LogP contribution in [0.15, 0.2) is 6.07 Å². The molecule has 0 aromatic carbocycles. The molecule has 0 saturated carbocycles. The minimum Gasteiger partial charge on any atom is -0.382 e. The Bertz CT molecular complexity index is 504. The van der Waals surface area contributed by atoms with Crippen LogP contribution in [0.5, 0.6) is 0 Å². The number of nitrogens with two attached hydrogens (primary N) is 1. The van der Waals surface area contributed by atoms with Crippen molar-refractivity contribution in [2.75, 3.05) is 11.5 Å². The number of aryl methyl sites for hydroxylation is 1. The highest BCUT2D eigenvalue weighted by Gasteiger charge is 2.17. The van der Waals surface area contributed by atoms with Crippen LogP contribution in [0, 0.1) is 6.92 Å². The summed E-state index contributed by atoms with van der Waals surface area (Å²) in [4.78, 5) is 2.80. The number of H-pyrrole nitrogens is 1. The second-order valence-corrected chi connectivity index (χ2v) is 6.21. The van der Waals surface area contributed by atoms with Gasteiger partial charge in [-0.15, -0.1) is 11.3 Å². The van der Waals surface area contributed by atoms with Crippen molar-refractivity contribution in [3.05, 3.63) is 22.1 Å². The van der Waals surface area contributed by atoms with Crippen LogP contribution in [0.25, 0.3) is 10.6 Å². The summed E-state index contributed by atoms with van der Waals surface area (Å²) in [6.07, 6.45) is 1.20. The molecule has 1 aliphatic heterocycles. The van der Waals surface area contributed by atoms with Gasteiger partial charge in [0.2, 0.25) is 0 Å². The number of hydrogen-bond acceptors (Lipinski definition) is 4. The predicted octanol–water partition coefficient (Wildman–Crippen LogP) is 2.82. The summed E-state index contributed by atoms with van der Waals surface area (Å²) in [6, 6.07) is 2.28. The lowest BCUT2D eigenvalue weighted by Crippen LogP contribution is -1.96. The van der Waals surface area contributed by atoms with Crippen molar-refractivity contribution in [2.45, 2.75) is 19.1 Å². The summed E-state index contributed by atoms with van der Waals surface area (Å²) in [6.45, 7) is 2.02. The van der Waals surface area contributed by atoms with E-state index >= 15 is 0 Å². The Morgan fingerprint density at radius 3 is 3.06 bits per heavy atom. The van der Waals surface area contributed by atoms with Gasteiger partial charge >= 0.3 is 0 Å². The number of rotatable bonds is 1. The van der Waals surface area contributed by atoms with Crippen LogP contribution in [0.4, 0.5) is 5.82 Å². The highest BCUT2D eigenvalue weighted by Crippen LogP contribution is 2.37. The summed E-state index contributed by atoms with van der Waals surface area (Å²) >= 11 is 3.89. The van der Waals surface area contributed by atoms with Gasteiger partial charge in [-0.1, -0.05) is 0 Å². The fraction of sp³-hybridized carbons (Fsp3) is 0.364. The lowest BCUT2D eigenvalue weighted by molar-refractivity contribution is 1.10. The minimum absolute atomic E-state index is 0.607. The van der Waals surface area contributed by atoms with Crippen molar-refractivity contribution in [1.29, 1.82) is 0 Å². The summed E-state index contributed by atoms with van der Waals surface area (Å²) in [5.41, 5.74) is 9.39. The fourth-order valence-electron chi connectivity index (χ4n) is 1.92. The largest absolute Gasteiger partial charge is 0.382 e. The fourth-order valence-corrected chi connectivity index (χ4v) is 4.35. The van der Waals surface area contributed by atoms with Crippen molar-refractivity contribution in [3.63, 3.8) is 0 Å². The van der Waals surface area contributed by atoms with E-state index in [9.17, 15) is 0 Å². The van der Waals surface area contributed by atoms with Crippen LogP contribution in [0.1, 0.15) is 16.0 Å². The van der Waals surface area contributed by atoms with Gasteiger partial charge in [-0.25, -0.2) is 0 Å². The molecule has 16 heavy (non-hydrogen) atoms. The van der Waals surface area contributed by atoms with Gasteiger partial charge in [0.25, 0.3) is 0 Å². The zero-order valence-electron chi connectivity index (χ0n) is 9.04. The topological polar surface area (TPSA) is 54.7 Å². The molecule has 3 N–H and O–H groups in total. The Kier molecular flexibility index (Phi) is 2.44. The first-order valence-corrected chi connectivity index (χ1v) is 7.23. The second-order valence-electron chi connectivity index (χ2n) is 3.97. The molecule has 84 valence electrons. The molecule has 3 rings (SSSR count). The summed E-state index contributed by atoms with van der Waals surface area (Å²) in [5.74, 6) is 3.00. The Balaban J connectivity index is 2.07. The molecule has 0 amide bonds. The highest BCUT2D eigenvalue weighted by molar-refractivity contribution is 7.98. The molecule has 2 aromatic heterocycles. The number of nitrogen functional groups attached to an aromatic ring is 1. The van der Waals surface area contributed by atoms with E-state index in [0.29, 0.717) is 5.82 Å². The number of hydrogen-bond donors (Lipinski definition) is 2. The van der Waals surface area contributed by atoms with Crippen LogP contribution in [0.3, 0.4) is 0 Å². The van der Waals surface area contributed by atoms with E-state index in [1.54, 1.807) is 0 Å². The third-order valence-corrected chi connectivity index (χ3v) is 5.18. The third kappa shape index (κ3) is 1.55. The zero-order chi connectivity index (χ0) is 11.1. The molecule has 0 unspecified atom stereocenters. The van der Waals surface area contributed by atoms with E-state index in [2.05, 4.69) is 16.3 Å². The Labute approximate surface area is 102 Å². The average molecular weight is 251 g/mol. The minimum atomic E-state index is 0.607. The number of thiophene rings is 1. The SMILES string of the molecule is Cc1c(N)n[nH]c1-c1cc2c(s1)CCSC2. The lowest BCUT2D eigenvalue weighted by atomic mass is 10.2. The predicted molar refractivity (Wildman–Crippen MR) is 70.9 cm³/mol. The van der Waals surface area contributed by atoms with Crippen LogP contribution in [-0.4, -0.2) is 16.0 Å². The first-order valence-electron chi connectivity index (χ1n) is 5.26. The maximum atomic E-state index is 5.76. The smallest absolute Gasteiger partial charge is 0.148 e. The number of nitrogens with zero attached hydrogens (tertiary/aromatic N) is 1. The van der Waals surface area contributed by atoms with Crippen LogP contribution in [-0.2, 0) is 12.2 Å². The van der Waals surface area contributed by atoms with Crippen LogP contribution in [0.2, 0.25) is 0 Å². The van der Waals surface area contributed by atoms with Crippen molar-refractivity contribution >= 4 is 28.9 Å². The number of fused-ring (bicyclic) bond motifs is 1. The van der Waals surface area contributed by atoms with E-state index < -0.39 is 0 Å². The van der Waals surface area contributed by atoms with E-state index in [4.69, 9.17) is 5.73 Å². The van der Waals surface area contributed by atoms with Gasteiger partial charge in [-0.3, -0.25) is 5.10 Å². The van der Waals surface area contributed by atoms with Gasteiger partial charge in [-0.2, -0.15) is 16.9 Å². The van der Waals surface area contributed by atoms with Crippen molar-refractivity contribution in [1.82, 2.24) is 10.2 Å². The molecule has 3 heterocycles. The van der Waals surface area contributed by atoms with E-state index in [-0.39, 0.29) is 0 Å². The molecule has 0 atom stereocenters. The number of aromatic nitrogens is 2. The molecule has 0 spiro atoms. The standard InChI is InChI=1S/C11H13N3S2/c1-6-10(13-14-11(6)12)9-4-7-5-15-3-2-8(7)16-9/h4H,2-3,5H2,1H3,(H3,12,13,14). The van der Waals surface area contributed by atoms with E-state index in [1.807, 2.05) is 30.0 Å². The molecule has 3 nitrogen and oxygen atoms in total. The zero-order valence-corrected chi connectivity index (χ0v) is 10.7. The lowest BCUT2D eigenvalue weighted by Gasteiger charge is -2.08. The quantitative estimate of drug-likeness (QED) is 0.819. The molecule has 1 aliphatic rings. The van der Waals surface area contributed by atoms with Gasteiger partial charge in [0.05, 0.1) is 10.6 Å². The molecular weight excluding hydrogens is 238 g/mol. The molecule has 0 fully saturated rings. The first kappa shape index (κ1) is 10.2. The number of thioether (sulfide) groups is 1. The molecule has 0 aliphatic carbocycles. The summed E-state index contributed by atoms with van der Waals surface area (Å²) in [7, 11) is 0. The number of anilines is 1. The van der Waals surface area contributed by atoms with Gasteiger partial charge in [0.1, 0.15) is 5.82 Å². The van der Waals surface area contributed by atoms with Crippen molar-refractivity contribution in [3.8, 4) is 10.6 Å². The highest BCUT2D eigenvalue weighted by atomic mass is 32.2. The normalized spacial score (nSPS) is 15.1. The van der Waals surface area contributed by atoms with Gasteiger partial charge in [0.15, 0.2) is 0 Å². The molecule has 0 bridgehead atoms. The first-order chi connectivity index (χ1) is 7.75. The van der Waals surface area contributed by atoms with Crippen molar-refractivity contribution in [2.24, 2.45) is 0 Å². The molecule has 0 radical (unpaired) electrons. The monoisotopic (exact) mass is 251 g/mol. The maximum Gasteiger partial charge on any atom is 0.148 e. The van der Waals surface area contributed by atoms with E-state index in [1.165, 1.54) is 27.5 Å². The maximum absolute atomic E-state index is 5.76. The Hall–Kier alpha value is -0.940. The number of nitrogens with one attached hydrogen (secondary N) is 1. The van der Waals surface area contributed by atoms with Gasteiger partial charge < -0.3 is 5.73 Å². The summed E-state index contributed by atoms with van der Waals surface area (Å²) < 4.78 is 0. The third-order valence-electron chi connectivity index (χ3n) is 2.92. The number of aromatic amines is 1. The second kappa shape index (κ2) is 3.82. The molecule has 2 aromatic rings. The molecular formula is C11H13N3S2. The van der Waals surface area contributed by atoms with Crippen LogP contribution < -0.4 is 5.73 Å². The van der Waals surface area contributed by atoms with Gasteiger partial charge in [0, 0.05) is 16.2 Å². The molecule has 0 saturated heterocycles. The van der Waals surface area contributed by atoms with Crippen LogP contribution >= 0.6 is 23.1 Å². The Morgan fingerprint density at radius 2 is 2.38 bits per heavy atom. The summed E-state index contributed by atoms with van der Waals surface area (Å²) in [5, 5.41) is 7.08. The van der Waals surface area contributed by atoms with Crippen molar-refractivity contribution < 1.29 is 0 Å². The average Bonchev–Trinajstić information content (AvgIpc) is 2.84. The Morgan fingerprint density at radius 1 is 1.50 bits per heavy atom. The van der Waals surface area contributed by atoms with E-state index in [0.717, 1.165) is 17.0 Å². The van der Waals surface area contributed by atoms with Gasteiger partial charge in [-0.05, 0) is 30.7 Å². The molecule has 5 heteroatoms.